The topological polar surface area (TPSA) is 60.8 Å². The Bertz CT molecular complexity index is 530. The first kappa shape index (κ1) is 14.6. The molecule has 0 bridgehead atoms. The smallest absolute Gasteiger partial charge is 0.255 e. The summed E-state index contributed by atoms with van der Waals surface area (Å²) in [7, 11) is 0. The minimum Gasteiger partial charge on any atom is -0.396 e. The van der Waals surface area contributed by atoms with Crippen LogP contribution in [-0.4, -0.2) is 47.3 Å². The van der Waals surface area contributed by atoms with E-state index in [-0.39, 0.29) is 25.0 Å². The summed E-state index contributed by atoms with van der Waals surface area (Å²) in [6, 6.07) is 7.26. The summed E-state index contributed by atoms with van der Waals surface area (Å²) in [5.41, 5.74) is 1.29. The molecule has 1 unspecified atom stereocenters. The molecule has 1 aromatic rings. The highest BCUT2D eigenvalue weighted by Crippen LogP contribution is 2.19. The average Bonchev–Trinajstić information content (AvgIpc) is 2.96. The Balaban J connectivity index is 2.16. The van der Waals surface area contributed by atoms with Crippen LogP contribution in [0.5, 0.6) is 0 Å². The van der Waals surface area contributed by atoms with Crippen molar-refractivity contribution in [1.82, 2.24) is 4.90 Å². The lowest BCUT2D eigenvalue weighted by Gasteiger charge is -2.17. The Labute approximate surface area is 119 Å². The van der Waals surface area contributed by atoms with Gasteiger partial charge in [-0.25, -0.2) is 0 Å². The third-order valence-corrected chi connectivity index (χ3v) is 3.45. The Morgan fingerprint density at radius 2 is 2.15 bits per heavy atom. The molecule has 1 saturated heterocycles. The van der Waals surface area contributed by atoms with Crippen molar-refractivity contribution in [2.75, 3.05) is 26.3 Å². The van der Waals surface area contributed by atoms with Gasteiger partial charge in [-0.2, -0.15) is 0 Å². The predicted octanol–water partition coefficient (Wildman–Crippen LogP) is 0.875. The van der Waals surface area contributed by atoms with Crippen LogP contribution in [0, 0.1) is 17.8 Å². The molecule has 0 radical (unpaired) electrons. The Hall–Kier alpha value is -1.83. The standard InChI is InChI=1S/C16H19NO3/c18-10-4-3-6-14-5-1-2-7-15(14)16(20)17-9-8-13(11-17)12-19/h1-2,5,7,13,18-19H,4,8-12H2. The third kappa shape index (κ3) is 3.38. The molecular weight excluding hydrogens is 254 g/mol. The number of likely N-dealkylation sites (tertiary alicyclic amines) is 1. The Morgan fingerprint density at radius 1 is 1.35 bits per heavy atom. The maximum atomic E-state index is 12.5. The number of aliphatic hydroxyl groups is 2. The summed E-state index contributed by atoms with van der Waals surface area (Å²) in [4.78, 5) is 14.3. The van der Waals surface area contributed by atoms with E-state index in [9.17, 15) is 4.79 Å². The first-order chi connectivity index (χ1) is 9.76. The molecule has 4 nitrogen and oxygen atoms in total. The van der Waals surface area contributed by atoms with E-state index in [0.717, 1.165) is 6.42 Å². The second-order valence-electron chi connectivity index (χ2n) is 4.91. The predicted molar refractivity (Wildman–Crippen MR) is 76.1 cm³/mol. The van der Waals surface area contributed by atoms with Gasteiger partial charge >= 0.3 is 0 Å². The number of aliphatic hydroxyl groups excluding tert-OH is 2. The summed E-state index contributed by atoms with van der Waals surface area (Å²) < 4.78 is 0. The average molecular weight is 273 g/mol. The van der Waals surface area contributed by atoms with Gasteiger partial charge < -0.3 is 15.1 Å². The van der Waals surface area contributed by atoms with Gasteiger partial charge in [-0.15, -0.1) is 0 Å². The molecule has 1 atom stereocenters. The van der Waals surface area contributed by atoms with Gasteiger partial charge in [-0.1, -0.05) is 24.0 Å². The fraction of sp³-hybridized carbons (Fsp3) is 0.438. The quantitative estimate of drug-likeness (QED) is 0.804. The van der Waals surface area contributed by atoms with Crippen molar-refractivity contribution in [3.8, 4) is 11.8 Å². The molecule has 0 aromatic heterocycles. The molecule has 106 valence electrons. The van der Waals surface area contributed by atoms with Crippen LogP contribution in [0.1, 0.15) is 28.8 Å². The molecule has 1 heterocycles. The van der Waals surface area contributed by atoms with Gasteiger partial charge in [0.2, 0.25) is 0 Å². The SMILES string of the molecule is O=C(c1ccccc1C#CCCO)N1CCC(CO)C1. The zero-order chi connectivity index (χ0) is 14.4. The molecule has 0 aliphatic carbocycles. The lowest BCUT2D eigenvalue weighted by Crippen LogP contribution is -2.29. The molecule has 1 aromatic carbocycles. The van der Waals surface area contributed by atoms with Crippen LogP contribution >= 0.6 is 0 Å². The van der Waals surface area contributed by atoms with Gasteiger partial charge in [0.05, 0.1) is 12.2 Å². The van der Waals surface area contributed by atoms with Crippen LogP contribution in [0.3, 0.4) is 0 Å². The molecule has 20 heavy (non-hydrogen) atoms. The summed E-state index contributed by atoms with van der Waals surface area (Å²) in [5, 5.41) is 17.9. The number of amides is 1. The number of benzene rings is 1. The van der Waals surface area contributed by atoms with Crippen LogP contribution in [0.4, 0.5) is 0 Å². The van der Waals surface area contributed by atoms with E-state index >= 15 is 0 Å². The zero-order valence-electron chi connectivity index (χ0n) is 11.4. The lowest BCUT2D eigenvalue weighted by molar-refractivity contribution is 0.0781. The van der Waals surface area contributed by atoms with Crippen LogP contribution < -0.4 is 0 Å². The molecule has 1 aliphatic rings. The second kappa shape index (κ2) is 7.09. The summed E-state index contributed by atoms with van der Waals surface area (Å²) >= 11 is 0. The number of carbonyl (C=O) groups excluding carboxylic acids is 1. The molecule has 0 saturated carbocycles. The number of hydrogen-bond donors (Lipinski definition) is 2. The van der Waals surface area contributed by atoms with Crippen molar-refractivity contribution in [2.24, 2.45) is 5.92 Å². The molecule has 1 fully saturated rings. The van der Waals surface area contributed by atoms with Gasteiger partial charge in [0, 0.05) is 37.6 Å². The normalized spacial score (nSPS) is 17.7. The van der Waals surface area contributed by atoms with E-state index < -0.39 is 0 Å². The van der Waals surface area contributed by atoms with E-state index in [2.05, 4.69) is 11.8 Å². The van der Waals surface area contributed by atoms with Gasteiger partial charge in [0.1, 0.15) is 0 Å². The van der Waals surface area contributed by atoms with E-state index in [4.69, 9.17) is 10.2 Å². The molecule has 4 heteroatoms. The van der Waals surface area contributed by atoms with Crippen molar-refractivity contribution in [3.63, 3.8) is 0 Å². The zero-order valence-corrected chi connectivity index (χ0v) is 11.4. The number of hydrogen-bond acceptors (Lipinski definition) is 3. The van der Waals surface area contributed by atoms with Crippen molar-refractivity contribution in [3.05, 3.63) is 35.4 Å². The maximum Gasteiger partial charge on any atom is 0.255 e. The van der Waals surface area contributed by atoms with Crippen LogP contribution in [0.15, 0.2) is 24.3 Å². The number of nitrogens with zero attached hydrogens (tertiary/aromatic N) is 1. The first-order valence-electron chi connectivity index (χ1n) is 6.85. The minimum absolute atomic E-state index is 0.0212. The molecule has 2 rings (SSSR count). The van der Waals surface area contributed by atoms with Gasteiger partial charge in [0.25, 0.3) is 5.91 Å². The fourth-order valence-corrected chi connectivity index (χ4v) is 2.33. The molecular formula is C16H19NO3. The van der Waals surface area contributed by atoms with Gasteiger partial charge in [-0.3, -0.25) is 4.79 Å². The number of rotatable bonds is 3. The summed E-state index contributed by atoms with van der Waals surface area (Å²) in [6.07, 6.45) is 1.25. The van der Waals surface area contributed by atoms with E-state index in [1.165, 1.54) is 0 Å². The van der Waals surface area contributed by atoms with E-state index in [1.807, 2.05) is 18.2 Å². The molecule has 1 aliphatic heterocycles. The molecule has 1 amide bonds. The second-order valence-corrected chi connectivity index (χ2v) is 4.91. The molecule has 0 spiro atoms. The maximum absolute atomic E-state index is 12.5. The van der Waals surface area contributed by atoms with Crippen LogP contribution in [0.2, 0.25) is 0 Å². The van der Waals surface area contributed by atoms with Crippen molar-refractivity contribution in [1.29, 1.82) is 0 Å². The van der Waals surface area contributed by atoms with Crippen molar-refractivity contribution >= 4 is 5.91 Å². The van der Waals surface area contributed by atoms with Crippen molar-refractivity contribution in [2.45, 2.75) is 12.8 Å². The Morgan fingerprint density at radius 3 is 2.85 bits per heavy atom. The fourth-order valence-electron chi connectivity index (χ4n) is 2.33. The highest BCUT2D eigenvalue weighted by molar-refractivity contribution is 5.96. The summed E-state index contributed by atoms with van der Waals surface area (Å²) in [5.74, 6) is 5.94. The van der Waals surface area contributed by atoms with Crippen LogP contribution in [-0.2, 0) is 0 Å². The lowest BCUT2D eigenvalue weighted by atomic mass is 10.1. The summed E-state index contributed by atoms with van der Waals surface area (Å²) in [6.45, 7) is 1.44. The van der Waals surface area contributed by atoms with Crippen molar-refractivity contribution < 1.29 is 15.0 Å². The first-order valence-corrected chi connectivity index (χ1v) is 6.85. The van der Waals surface area contributed by atoms with Gasteiger partial charge in [0.15, 0.2) is 0 Å². The largest absolute Gasteiger partial charge is 0.396 e. The van der Waals surface area contributed by atoms with Gasteiger partial charge in [-0.05, 0) is 18.6 Å². The number of carbonyl (C=O) groups is 1. The monoisotopic (exact) mass is 273 g/mol. The highest BCUT2D eigenvalue weighted by atomic mass is 16.3. The minimum atomic E-state index is -0.0325. The van der Waals surface area contributed by atoms with E-state index in [0.29, 0.717) is 30.6 Å². The third-order valence-electron chi connectivity index (χ3n) is 3.45. The van der Waals surface area contributed by atoms with E-state index in [1.54, 1.807) is 11.0 Å². The van der Waals surface area contributed by atoms with Crippen LogP contribution in [0.25, 0.3) is 0 Å². The molecule has 2 N–H and O–H groups in total. The highest BCUT2D eigenvalue weighted by Gasteiger charge is 2.27. The Kier molecular flexibility index (Phi) is 5.16.